The molecule has 0 atom stereocenters. The summed E-state index contributed by atoms with van der Waals surface area (Å²) in [5, 5.41) is 2.45. The molecule has 0 fully saturated rings. The van der Waals surface area contributed by atoms with E-state index in [1.165, 1.54) is 5.56 Å². The Morgan fingerprint density at radius 1 is 1.21 bits per heavy atom. The Labute approximate surface area is 108 Å². The first-order valence-electron chi connectivity index (χ1n) is 5.82. The molecular formula is C14H11N3O2. The maximum atomic E-state index is 10.9. The van der Waals surface area contributed by atoms with Crippen LogP contribution in [-0.4, -0.2) is 15.1 Å². The first kappa shape index (κ1) is 11.4. The van der Waals surface area contributed by atoms with Gasteiger partial charge in [0, 0.05) is 6.20 Å². The Morgan fingerprint density at radius 3 is 2.79 bits per heavy atom. The van der Waals surface area contributed by atoms with E-state index in [-0.39, 0.29) is 0 Å². The lowest BCUT2D eigenvalue weighted by Crippen LogP contribution is -1.95. The van der Waals surface area contributed by atoms with Gasteiger partial charge in [-0.3, -0.25) is 4.98 Å². The van der Waals surface area contributed by atoms with Gasteiger partial charge in [-0.05, 0) is 35.7 Å². The van der Waals surface area contributed by atoms with Crippen molar-refractivity contribution in [3.05, 3.63) is 58.7 Å². The van der Waals surface area contributed by atoms with E-state index < -0.39 is 5.76 Å². The molecule has 5 heteroatoms. The van der Waals surface area contributed by atoms with Gasteiger partial charge in [-0.15, -0.1) is 0 Å². The van der Waals surface area contributed by atoms with Gasteiger partial charge >= 0.3 is 5.76 Å². The SMILES string of the molecule is Cc1ccccc1-c1ccnc(-c2nc(=O)o[nH]2)c1. The maximum Gasteiger partial charge on any atom is 0.460 e. The molecule has 94 valence electrons. The topological polar surface area (TPSA) is 71.8 Å². The number of aryl methyl sites for hydroxylation is 1. The molecule has 0 radical (unpaired) electrons. The summed E-state index contributed by atoms with van der Waals surface area (Å²) in [4.78, 5) is 18.8. The lowest BCUT2D eigenvalue weighted by molar-refractivity contribution is 0.388. The van der Waals surface area contributed by atoms with E-state index in [0.717, 1.165) is 11.1 Å². The number of hydrogen-bond donors (Lipinski definition) is 1. The van der Waals surface area contributed by atoms with E-state index in [0.29, 0.717) is 11.5 Å². The molecule has 2 heterocycles. The second kappa shape index (κ2) is 4.53. The third kappa shape index (κ3) is 2.18. The highest BCUT2D eigenvalue weighted by molar-refractivity contribution is 5.70. The minimum absolute atomic E-state index is 0.334. The summed E-state index contributed by atoms with van der Waals surface area (Å²) in [6, 6.07) is 11.9. The van der Waals surface area contributed by atoms with Gasteiger partial charge in [-0.1, -0.05) is 24.3 Å². The number of pyridine rings is 1. The predicted octanol–water partition coefficient (Wildman–Crippen LogP) is 2.40. The Hall–Kier alpha value is -2.69. The standard InChI is InChI=1S/C14H11N3O2/c1-9-4-2-3-5-11(9)10-6-7-15-12(8-10)13-16-14(18)19-17-13/h2-8H,1H3,(H,16,17,18). The van der Waals surface area contributed by atoms with Crippen LogP contribution in [0.25, 0.3) is 22.6 Å². The zero-order chi connectivity index (χ0) is 13.2. The van der Waals surface area contributed by atoms with Crippen molar-refractivity contribution in [1.82, 2.24) is 15.1 Å². The molecule has 0 saturated heterocycles. The monoisotopic (exact) mass is 253 g/mol. The van der Waals surface area contributed by atoms with Crippen LogP contribution in [0.1, 0.15) is 5.56 Å². The highest BCUT2D eigenvalue weighted by atomic mass is 16.5. The molecule has 1 N–H and O–H groups in total. The zero-order valence-electron chi connectivity index (χ0n) is 10.3. The van der Waals surface area contributed by atoms with Crippen molar-refractivity contribution < 1.29 is 4.52 Å². The van der Waals surface area contributed by atoms with Crippen LogP contribution in [0.2, 0.25) is 0 Å². The minimum atomic E-state index is -0.655. The molecule has 0 saturated carbocycles. The van der Waals surface area contributed by atoms with Crippen LogP contribution < -0.4 is 5.76 Å². The molecule has 0 aliphatic rings. The first-order chi connectivity index (χ1) is 9.24. The van der Waals surface area contributed by atoms with Crippen LogP contribution in [0.5, 0.6) is 0 Å². The first-order valence-corrected chi connectivity index (χ1v) is 5.82. The molecule has 0 bridgehead atoms. The van der Waals surface area contributed by atoms with Gasteiger partial charge in [-0.2, -0.15) is 10.1 Å². The van der Waals surface area contributed by atoms with Gasteiger partial charge < -0.3 is 4.52 Å². The quantitative estimate of drug-likeness (QED) is 0.761. The van der Waals surface area contributed by atoms with Gasteiger partial charge in [0.15, 0.2) is 5.82 Å². The Balaban J connectivity index is 2.10. The van der Waals surface area contributed by atoms with E-state index in [1.54, 1.807) is 6.20 Å². The van der Waals surface area contributed by atoms with Crippen molar-refractivity contribution in [2.45, 2.75) is 6.92 Å². The van der Waals surface area contributed by atoms with Crippen LogP contribution in [0.3, 0.4) is 0 Å². The third-order valence-corrected chi connectivity index (χ3v) is 2.90. The number of nitrogens with zero attached hydrogens (tertiary/aromatic N) is 2. The summed E-state index contributed by atoms with van der Waals surface area (Å²) in [6.07, 6.45) is 1.68. The van der Waals surface area contributed by atoms with Crippen molar-refractivity contribution in [2.75, 3.05) is 0 Å². The highest BCUT2D eigenvalue weighted by Crippen LogP contribution is 2.25. The molecule has 5 nitrogen and oxygen atoms in total. The molecule has 0 amide bonds. The van der Waals surface area contributed by atoms with E-state index in [1.807, 2.05) is 43.3 Å². The number of aromatic nitrogens is 3. The lowest BCUT2D eigenvalue weighted by Gasteiger charge is -2.06. The molecule has 0 aliphatic heterocycles. The van der Waals surface area contributed by atoms with Crippen molar-refractivity contribution in [3.63, 3.8) is 0 Å². The van der Waals surface area contributed by atoms with Gasteiger partial charge in [0.05, 0.1) is 0 Å². The van der Waals surface area contributed by atoms with E-state index >= 15 is 0 Å². The smallest absolute Gasteiger partial charge is 0.321 e. The second-order valence-electron chi connectivity index (χ2n) is 4.18. The van der Waals surface area contributed by atoms with E-state index in [2.05, 4.69) is 19.6 Å². The Morgan fingerprint density at radius 2 is 2.05 bits per heavy atom. The molecule has 0 aliphatic carbocycles. The predicted molar refractivity (Wildman–Crippen MR) is 70.5 cm³/mol. The van der Waals surface area contributed by atoms with Crippen LogP contribution in [-0.2, 0) is 0 Å². The van der Waals surface area contributed by atoms with Crippen LogP contribution in [0.15, 0.2) is 51.9 Å². The number of H-pyrrole nitrogens is 1. The summed E-state index contributed by atoms with van der Waals surface area (Å²) in [5.41, 5.74) is 3.89. The molecule has 0 unspecified atom stereocenters. The largest absolute Gasteiger partial charge is 0.460 e. The number of nitrogens with one attached hydrogen (secondary N) is 1. The summed E-state index contributed by atoms with van der Waals surface area (Å²) in [6.45, 7) is 2.05. The normalized spacial score (nSPS) is 10.6. The zero-order valence-corrected chi connectivity index (χ0v) is 10.3. The number of benzene rings is 1. The van der Waals surface area contributed by atoms with Gasteiger partial charge in [0.2, 0.25) is 0 Å². The molecular weight excluding hydrogens is 242 g/mol. The van der Waals surface area contributed by atoms with Crippen molar-refractivity contribution >= 4 is 0 Å². The highest BCUT2D eigenvalue weighted by Gasteiger charge is 2.08. The Kier molecular flexibility index (Phi) is 2.72. The summed E-state index contributed by atoms with van der Waals surface area (Å²) in [7, 11) is 0. The molecule has 1 aromatic carbocycles. The molecule has 0 spiro atoms. The molecule has 2 aromatic heterocycles. The fourth-order valence-electron chi connectivity index (χ4n) is 1.96. The molecule has 19 heavy (non-hydrogen) atoms. The second-order valence-corrected chi connectivity index (χ2v) is 4.18. The number of aromatic amines is 1. The van der Waals surface area contributed by atoms with Crippen LogP contribution >= 0.6 is 0 Å². The van der Waals surface area contributed by atoms with E-state index in [9.17, 15) is 4.79 Å². The fourth-order valence-corrected chi connectivity index (χ4v) is 1.96. The van der Waals surface area contributed by atoms with Crippen molar-refractivity contribution in [1.29, 1.82) is 0 Å². The van der Waals surface area contributed by atoms with Gasteiger partial charge in [0.25, 0.3) is 0 Å². The van der Waals surface area contributed by atoms with Crippen LogP contribution in [0.4, 0.5) is 0 Å². The van der Waals surface area contributed by atoms with Crippen molar-refractivity contribution in [2.24, 2.45) is 0 Å². The van der Waals surface area contributed by atoms with Gasteiger partial charge in [0.1, 0.15) is 5.69 Å². The summed E-state index contributed by atoms with van der Waals surface area (Å²) < 4.78 is 4.56. The minimum Gasteiger partial charge on any atom is -0.321 e. The number of rotatable bonds is 2. The summed E-state index contributed by atoms with van der Waals surface area (Å²) in [5.74, 6) is -0.321. The molecule has 3 aromatic rings. The average Bonchev–Trinajstić information content (AvgIpc) is 2.86. The Bertz CT molecular complexity index is 774. The molecule has 3 rings (SSSR count). The summed E-state index contributed by atoms with van der Waals surface area (Å²) >= 11 is 0. The average molecular weight is 253 g/mol. The van der Waals surface area contributed by atoms with Gasteiger partial charge in [-0.25, -0.2) is 4.79 Å². The van der Waals surface area contributed by atoms with Crippen molar-refractivity contribution in [3.8, 4) is 22.6 Å². The number of hydrogen-bond acceptors (Lipinski definition) is 4. The maximum absolute atomic E-state index is 10.9. The lowest BCUT2D eigenvalue weighted by atomic mass is 10.0. The van der Waals surface area contributed by atoms with E-state index in [4.69, 9.17) is 0 Å². The fraction of sp³-hybridized carbons (Fsp3) is 0.0714. The van der Waals surface area contributed by atoms with Crippen LogP contribution in [0, 0.1) is 6.92 Å². The third-order valence-electron chi connectivity index (χ3n) is 2.90.